The summed E-state index contributed by atoms with van der Waals surface area (Å²) in [7, 11) is 0. The van der Waals surface area contributed by atoms with Crippen LogP contribution in [0.15, 0.2) is 58.7 Å². The number of aromatic nitrogens is 4. The molecule has 0 spiro atoms. The summed E-state index contributed by atoms with van der Waals surface area (Å²) in [6.07, 6.45) is 4.97. The van der Waals surface area contributed by atoms with Gasteiger partial charge in [-0.2, -0.15) is 0 Å². The molecule has 1 aliphatic rings. The van der Waals surface area contributed by atoms with Crippen molar-refractivity contribution in [2.75, 3.05) is 32.8 Å². The Morgan fingerprint density at radius 1 is 1.06 bits per heavy atom. The molecule has 4 heterocycles. The second-order valence-corrected chi connectivity index (χ2v) is 9.06. The molecule has 0 radical (unpaired) electrons. The average molecular weight is 450 g/mol. The Morgan fingerprint density at radius 3 is 2.75 bits per heavy atom. The number of rotatable bonds is 7. The van der Waals surface area contributed by atoms with Gasteiger partial charge in [0.2, 0.25) is 0 Å². The first-order valence-electron chi connectivity index (χ1n) is 11.0. The molecule has 32 heavy (non-hydrogen) atoms. The van der Waals surface area contributed by atoms with Crippen LogP contribution in [-0.4, -0.2) is 56.7 Å². The van der Waals surface area contributed by atoms with E-state index in [2.05, 4.69) is 28.5 Å². The van der Waals surface area contributed by atoms with Crippen LogP contribution in [-0.2, 0) is 17.0 Å². The molecule has 1 aromatic carbocycles. The van der Waals surface area contributed by atoms with Crippen LogP contribution in [0.1, 0.15) is 17.7 Å². The highest BCUT2D eigenvalue weighted by atomic mass is 32.2. The maximum Gasteiger partial charge on any atom is 0.262 e. The van der Waals surface area contributed by atoms with E-state index < -0.39 is 0 Å². The highest BCUT2D eigenvalue weighted by molar-refractivity contribution is 7.98. The normalized spacial score (nSPS) is 15.0. The quantitative estimate of drug-likeness (QED) is 0.318. The number of benzene rings is 1. The van der Waals surface area contributed by atoms with E-state index in [1.54, 1.807) is 11.8 Å². The minimum atomic E-state index is 0.0333. The molecule has 1 saturated heterocycles. The van der Waals surface area contributed by atoms with Crippen LogP contribution in [0.3, 0.4) is 0 Å². The average Bonchev–Trinajstić information content (AvgIpc) is 3.25. The standard InChI is InChI=1S/C24H27N5O2S/c1-18-6-4-10-28-16-19(25-22(18)28)17-32-24-26-21-8-3-2-7-20(21)23(30)29(24)11-5-9-27-12-14-31-15-13-27/h2-4,6-8,10,16H,5,9,11-15,17H2,1H3. The number of morpholine rings is 1. The van der Waals surface area contributed by atoms with E-state index in [0.717, 1.165) is 66.8 Å². The molecule has 5 rings (SSSR count). The third kappa shape index (κ3) is 4.44. The second-order valence-electron chi connectivity index (χ2n) is 8.12. The molecule has 3 aromatic heterocycles. The molecule has 0 bridgehead atoms. The van der Waals surface area contributed by atoms with Crippen LogP contribution in [0.2, 0.25) is 0 Å². The molecule has 1 aliphatic heterocycles. The molecule has 0 aliphatic carbocycles. The van der Waals surface area contributed by atoms with Gasteiger partial charge in [0.1, 0.15) is 5.65 Å². The Hall–Kier alpha value is -2.68. The minimum Gasteiger partial charge on any atom is -0.379 e. The van der Waals surface area contributed by atoms with E-state index in [9.17, 15) is 4.79 Å². The van der Waals surface area contributed by atoms with Crippen molar-refractivity contribution in [1.29, 1.82) is 0 Å². The lowest BCUT2D eigenvalue weighted by molar-refractivity contribution is 0.0368. The van der Waals surface area contributed by atoms with Crippen molar-refractivity contribution in [1.82, 2.24) is 23.8 Å². The van der Waals surface area contributed by atoms with Gasteiger partial charge in [-0.15, -0.1) is 0 Å². The van der Waals surface area contributed by atoms with Gasteiger partial charge < -0.3 is 9.14 Å². The fourth-order valence-corrected chi connectivity index (χ4v) is 5.05. The van der Waals surface area contributed by atoms with Gasteiger partial charge in [0, 0.05) is 44.3 Å². The van der Waals surface area contributed by atoms with Crippen LogP contribution >= 0.6 is 11.8 Å². The molecule has 0 amide bonds. The first kappa shape index (κ1) is 21.2. The molecule has 0 saturated carbocycles. The van der Waals surface area contributed by atoms with Crippen molar-refractivity contribution in [2.24, 2.45) is 0 Å². The Labute approximate surface area is 191 Å². The van der Waals surface area contributed by atoms with E-state index in [-0.39, 0.29) is 5.56 Å². The Balaban J connectivity index is 1.38. The zero-order valence-electron chi connectivity index (χ0n) is 18.2. The first-order chi connectivity index (χ1) is 15.7. The predicted molar refractivity (Wildman–Crippen MR) is 127 cm³/mol. The fourth-order valence-electron chi connectivity index (χ4n) is 4.14. The number of ether oxygens (including phenoxy) is 1. The highest BCUT2D eigenvalue weighted by Gasteiger charge is 2.14. The van der Waals surface area contributed by atoms with E-state index >= 15 is 0 Å². The van der Waals surface area contributed by atoms with Crippen LogP contribution in [0, 0.1) is 6.92 Å². The molecule has 0 N–H and O–H groups in total. The number of imidazole rings is 1. The van der Waals surface area contributed by atoms with Gasteiger partial charge >= 0.3 is 0 Å². The summed E-state index contributed by atoms with van der Waals surface area (Å²) < 4.78 is 9.33. The van der Waals surface area contributed by atoms with Crippen molar-refractivity contribution >= 4 is 28.3 Å². The molecular formula is C24H27N5O2S. The van der Waals surface area contributed by atoms with Crippen molar-refractivity contribution in [3.05, 3.63) is 70.4 Å². The van der Waals surface area contributed by atoms with Crippen molar-refractivity contribution in [2.45, 2.75) is 30.8 Å². The number of aryl methyl sites for hydroxylation is 1. The maximum absolute atomic E-state index is 13.3. The maximum atomic E-state index is 13.3. The van der Waals surface area contributed by atoms with E-state index in [0.29, 0.717) is 17.7 Å². The second kappa shape index (κ2) is 9.44. The first-order valence-corrected chi connectivity index (χ1v) is 12.0. The zero-order chi connectivity index (χ0) is 21.9. The number of hydrogen-bond donors (Lipinski definition) is 0. The summed E-state index contributed by atoms with van der Waals surface area (Å²) in [5, 5.41) is 1.43. The summed E-state index contributed by atoms with van der Waals surface area (Å²) in [5.41, 5.74) is 3.87. The number of pyridine rings is 1. The number of thioether (sulfide) groups is 1. The number of nitrogens with zero attached hydrogens (tertiary/aromatic N) is 5. The highest BCUT2D eigenvalue weighted by Crippen LogP contribution is 2.23. The van der Waals surface area contributed by atoms with Gasteiger partial charge in [0.15, 0.2) is 5.16 Å². The zero-order valence-corrected chi connectivity index (χ0v) is 19.1. The summed E-state index contributed by atoms with van der Waals surface area (Å²) >= 11 is 1.58. The Bertz CT molecular complexity index is 1290. The summed E-state index contributed by atoms with van der Waals surface area (Å²) in [6, 6.07) is 11.7. The fraction of sp³-hybridized carbons (Fsp3) is 0.375. The number of fused-ring (bicyclic) bond motifs is 2. The van der Waals surface area contributed by atoms with E-state index in [1.807, 2.05) is 41.1 Å². The molecule has 1 fully saturated rings. The van der Waals surface area contributed by atoms with Crippen molar-refractivity contribution < 1.29 is 4.74 Å². The molecule has 8 heteroatoms. The topological polar surface area (TPSA) is 64.7 Å². The summed E-state index contributed by atoms with van der Waals surface area (Å²) in [5.74, 6) is 0.662. The summed E-state index contributed by atoms with van der Waals surface area (Å²) in [4.78, 5) is 25.3. The van der Waals surface area contributed by atoms with Gasteiger partial charge in [-0.1, -0.05) is 30.0 Å². The molecule has 166 valence electrons. The lowest BCUT2D eigenvalue weighted by atomic mass is 10.2. The van der Waals surface area contributed by atoms with E-state index in [4.69, 9.17) is 14.7 Å². The Kier molecular flexibility index (Phi) is 6.25. The smallest absolute Gasteiger partial charge is 0.262 e. The monoisotopic (exact) mass is 449 g/mol. The molecule has 7 nitrogen and oxygen atoms in total. The van der Waals surface area contributed by atoms with E-state index in [1.165, 1.54) is 0 Å². The molecule has 0 atom stereocenters. The van der Waals surface area contributed by atoms with Gasteiger partial charge in [0.25, 0.3) is 5.56 Å². The Morgan fingerprint density at radius 2 is 1.91 bits per heavy atom. The van der Waals surface area contributed by atoms with Crippen LogP contribution < -0.4 is 5.56 Å². The third-order valence-corrected chi connectivity index (χ3v) is 6.87. The van der Waals surface area contributed by atoms with Gasteiger partial charge in [-0.25, -0.2) is 9.97 Å². The van der Waals surface area contributed by atoms with Crippen LogP contribution in [0.5, 0.6) is 0 Å². The number of hydrogen-bond acceptors (Lipinski definition) is 6. The summed E-state index contributed by atoms with van der Waals surface area (Å²) in [6.45, 7) is 7.17. The lowest BCUT2D eigenvalue weighted by Crippen LogP contribution is -2.37. The van der Waals surface area contributed by atoms with Crippen molar-refractivity contribution in [3.63, 3.8) is 0 Å². The molecular weight excluding hydrogens is 422 g/mol. The SMILES string of the molecule is Cc1cccn2cc(CSc3nc4ccccc4c(=O)n3CCCN3CCOCC3)nc12. The van der Waals surface area contributed by atoms with Gasteiger partial charge in [0.05, 0.1) is 29.8 Å². The van der Waals surface area contributed by atoms with Crippen molar-refractivity contribution in [3.8, 4) is 0 Å². The van der Waals surface area contributed by atoms with Gasteiger partial charge in [-0.3, -0.25) is 14.3 Å². The van der Waals surface area contributed by atoms with Crippen LogP contribution in [0.4, 0.5) is 0 Å². The number of para-hydroxylation sites is 1. The van der Waals surface area contributed by atoms with Crippen LogP contribution in [0.25, 0.3) is 16.6 Å². The van der Waals surface area contributed by atoms with Gasteiger partial charge in [-0.05, 0) is 37.1 Å². The molecule has 0 unspecified atom stereocenters. The molecule has 4 aromatic rings. The third-order valence-electron chi connectivity index (χ3n) is 5.86. The largest absolute Gasteiger partial charge is 0.379 e. The lowest BCUT2D eigenvalue weighted by Gasteiger charge is -2.26. The predicted octanol–water partition coefficient (Wildman–Crippen LogP) is 3.37. The minimum absolute atomic E-state index is 0.0333.